The fourth-order valence-corrected chi connectivity index (χ4v) is 12.4. The van der Waals surface area contributed by atoms with Gasteiger partial charge in [-0.2, -0.15) is 0 Å². The van der Waals surface area contributed by atoms with Gasteiger partial charge in [0.15, 0.2) is 11.9 Å². The van der Waals surface area contributed by atoms with E-state index in [2.05, 4.69) is 41.2 Å². The first-order valence-electron chi connectivity index (χ1n) is 19.6. The van der Waals surface area contributed by atoms with E-state index in [4.69, 9.17) is 9.47 Å². The van der Waals surface area contributed by atoms with Crippen molar-refractivity contribution in [1.82, 2.24) is 0 Å². The van der Waals surface area contributed by atoms with Crippen LogP contribution in [0.3, 0.4) is 0 Å². The number of benzene rings is 2. The van der Waals surface area contributed by atoms with Crippen LogP contribution in [-0.2, 0) is 23.9 Å². The molecule has 0 unspecified atom stereocenters. The standard InChI is InChI=1S/C46H58O6/c1-8-27-51-40(50)46(7)35-19-22-45(6)38(43(35,4)21-20-36(46)48)34(47)28-32-33-29-42(3,24-23-41(33,2)25-26-44(32,45)5)39(49)52-37(30-15-11-9-12-16-30)31-17-13-10-14-18-31/h8-18,28,33,35-38,48H,1,19-27,29H2,2-7H3/t33-,35+,36-,38+,41+,42-,43-,44+,45+,46-/m0/s1. The second-order valence-electron chi connectivity index (χ2n) is 18.6. The van der Waals surface area contributed by atoms with E-state index in [0.29, 0.717) is 19.3 Å². The van der Waals surface area contributed by atoms with Crippen LogP contribution in [0.2, 0.25) is 0 Å². The molecule has 4 saturated carbocycles. The van der Waals surface area contributed by atoms with Crippen LogP contribution in [0, 0.1) is 50.2 Å². The van der Waals surface area contributed by atoms with Crippen molar-refractivity contribution < 1.29 is 29.0 Å². The van der Waals surface area contributed by atoms with Crippen molar-refractivity contribution in [3.05, 3.63) is 96.1 Å². The minimum Gasteiger partial charge on any atom is -0.461 e. The average Bonchev–Trinajstić information content (AvgIpc) is 3.13. The molecule has 6 heteroatoms. The molecule has 0 aromatic heterocycles. The first-order chi connectivity index (χ1) is 24.6. The molecule has 0 radical (unpaired) electrons. The lowest BCUT2D eigenvalue weighted by atomic mass is 9.33. The van der Waals surface area contributed by atoms with Crippen LogP contribution in [0.1, 0.15) is 117 Å². The van der Waals surface area contributed by atoms with Gasteiger partial charge in [-0.15, -0.1) is 0 Å². The maximum absolute atomic E-state index is 14.9. The average molecular weight is 707 g/mol. The molecule has 7 rings (SSSR count). The van der Waals surface area contributed by atoms with E-state index in [1.807, 2.05) is 73.7 Å². The van der Waals surface area contributed by atoms with E-state index in [0.717, 1.165) is 49.7 Å². The zero-order valence-corrected chi connectivity index (χ0v) is 32.1. The van der Waals surface area contributed by atoms with E-state index >= 15 is 0 Å². The number of ether oxygens (including phenoxy) is 2. The summed E-state index contributed by atoms with van der Waals surface area (Å²) in [6.45, 7) is 17.1. The number of hydrogen-bond acceptors (Lipinski definition) is 6. The number of rotatable bonds is 7. The van der Waals surface area contributed by atoms with Crippen LogP contribution in [0.4, 0.5) is 0 Å². The second-order valence-corrected chi connectivity index (χ2v) is 18.6. The fourth-order valence-electron chi connectivity index (χ4n) is 12.4. The molecule has 1 N–H and O–H groups in total. The highest BCUT2D eigenvalue weighted by molar-refractivity contribution is 5.96. The number of ketones is 1. The number of esters is 2. The molecule has 0 aliphatic heterocycles. The van der Waals surface area contributed by atoms with Crippen molar-refractivity contribution in [3.63, 3.8) is 0 Å². The third kappa shape index (κ3) is 5.32. The van der Waals surface area contributed by atoms with Gasteiger partial charge in [-0.1, -0.05) is 107 Å². The van der Waals surface area contributed by atoms with Crippen LogP contribution in [0.25, 0.3) is 0 Å². The molecule has 2 aromatic carbocycles. The summed E-state index contributed by atoms with van der Waals surface area (Å²) in [4.78, 5) is 43.1. The number of hydrogen-bond donors (Lipinski definition) is 1. The predicted octanol–water partition coefficient (Wildman–Crippen LogP) is 9.37. The Morgan fingerprint density at radius 3 is 2.08 bits per heavy atom. The van der Waals surface area contributed by atoms with Crippen LogP contribution >= 0.6 is 0 Å². The lowest BCUT2D eigenvalue weighted by molar-refractivity contribution is -0.217. The molecule has 4 fully saturated rings. The monoisotopic (exact) mass is 706 g/mol. The number of carbonyl (C=O) groups excluding carboxylic acids is 3. The maximum atomic E-state index is 14.9. The Balaban J connectivity index is 1.22. The Morgan fingerprint density at radius 1 is 0.846 bits per heavy atom. The first kappa shape index (κ1) is 36.8. The fraction of sp³-hybridized carbons (Fsp3) is 0.587. The largest absolute Gasteiger partial charge is 0.461 e. The second kappa shape index (κ2) is 12.8. The summed E-state index contributed by atoms with van der Waals surface area (Å²) < 4.78 is 12.1. The summed E-state index contributed by atoms with van der Waals surface area (Å²) in [5, 5.41) is 11.4. The number of fused-ring (bicyclic) bond motifs is 7. The number of carbonyl (C=O) groups is 3. The summed E-state index contributed by atoms with van der Waals surface area (Å²) in [6.07, 6.45) is 9.19. The molecule has 0 amide bonds. The molecule has 278 valence electrons. The van der Waals surface area contributed by atoms with Gasteiger partial charge < -0.3 is 14.6 Å². The molecule has 0 heterocycles. The van der Waals surface area contributed by atoms with Gasteiger partial charge in [-0.3, -0.25) is 14.4 Å². The molecular weight excluding hydrogens is 649 g/mol. The number of allylic oxidation sites excluding steroid dienone is 2. The lowest BCUT2D eigenvalue weighted by Gasteiger charge is -2.70. The molecule has 10 atom stereocenters. The zero-order chi connectivity index (χ0) is 37.3. The summed E-state index contributed by atoms with van der Waals surface area (Å²) in [5.41, 5.74) is 0.216. The van der Waals surface area contributed by atoms with Gasteiger partial charge in [-0.05, 0) is 122 Å². The Bertz CT molecular complexity index is 1730. The van der Waals surface area contributed by atoms with Crippen molar-refractivity contribution >= 4 is 17.7 Å². The maximum Gasteiger partial charge on any atom is 0.315 e. The van der Waals surface area contributed by atoms with Gasteiger partial charge >= 0.3 is 11.9 Å². The van der Waals surface area contributed by atoms with Crippen LogP contribution in [-0.4, -0.2) is 35.5 Å². The highest BCUT2D eigenvalue weighted by Gasteiger charge is 2.72. The van der Waals surface area contributed by atoms with Crippen molar-refractivity contribution in [2.45, 2.75) is 112 Å². The Labute approximate surface area is 310 Å². The van der Waals surface area contributed by atoms with Gasteiger partial charge in [0.25, 0.3) is 0 Å². The summed E-state index contributed by atoms with van der Waals surface area (Å²) in [6, 6.07) is 19.9. The van der Waals surface area contributed by atoms with E-state index in [9.17, 15) is 19.5 Å². The van der Waals surface area contributed by atoms with E-state index in [-0.39, 0.29) is 52.4 Å². The van der Waals surface area contributed by atoms with Crippen LogP contribution in [0.15, 0.2) is 85.0 Å². The Kier molecular flexibility index (Phi) is 9.08. The number of aliphatic hydroxyl groups is 1. The quantitative estimate of drug-likeness (QED) is 0.228. The van der Waals surface area contributed by atoms with E-state index < -0.39 is 34.4 Å². The minimum absolute atomic E-state index is 0.0175. The van der Waals surface area contributed by atoms with Gasteiger partial charge in [0.2, 0.25) is 0 Å². The van der Waals surface area contributed by atoms with Crippen molar-refractivity contribution in [1.29, 1.82) is 0 Å². The van der Waals surface area contributed by atoms with E-state index in [1.54, 1.807) is 6.08 Å². The van der Waals surface area contributed by atoms with Gasteiger partial charge in [0.1, 0.15) is 6.61 Å². The molecule has 5 aliphatic carbocycles. The van der Waals surface area contributed by atoms with Crippen molar-refractivity contribution in [3.8, 4) is 0 Å². The molecule has 6 nitrogen and oxygen atoms in total. The van der Waals surface area contributed by atoms with Gasteiger partial charge in [0, 0.05) is 5.92 Å². The highest BCUT2D eigenvalue weighted by Crippen LogP contribution is 2.75. The summed E-state index contributed by atoms with van der Waals surface area (Å²) in [7, 11) is 0. The zero-order valence-electron chi connectivity index (χ0n) is 32.1. The minimum atomic E-state index is -1.10. The molecule has 0 saturated heterocycles. The normalized spacial score (nSPS) is 41.0. The van der Waals surface area contributed by atoms with Crippen LogP contribution < -0.4 is 0 Å². The smallest absolute Gasteiger partial charge is 0.315 e. The van der Waals surface area contributed by atoms with Gasteiger partial charge in [0.05, 0.1) is 16.9 Å². The highest BCUT2D eigenvalue weighted by atomic mass is 16.5. The summed E-state index contributed by atoms with van der Waals surface area (Å²) >= 11 is 0. The Hall–Kier alpha value is -3.51. The SMILES string of the molecule is C=CCOC(=O)[C@@]1(C)[C@@H]2CC[C@]3(C)[C@H](C(=O)C=C4[C@@H]5C[C@@](C)(C(=O)OC(c6ccccc6)c6ccccc6)CC[C@]5(C)CC[C@]43C)[C@@]2(C)CC[C@@H]1O. The molecular formula is C46H58O6. The van der Waals surface area contributed by atoms with E-state index in [1.165, 1.54) is 5.57 Å². The molecule has 2 aromatic rings. The number of aliphatic hydroxyl groups excluding tert-OH is 1. The first-order valence-corrected chi connectivity index (χ1v) is 19.6. The predicted molar refractivity (Wildman–Crippen MR) is 202 cm³/mol. The van der Waals surface area contributed by atoms with Gasteiger partial charge in [-0.25, -0.2) is 0 Å². The topological polar surface area (TPSA) is 89.9 Å². The Morgan fingerprint density at radius 2 is 1.46 bits per heavy atom. The molecule has 0 spiro atoms. The van der Waals surface area contributed by atoms with Crippen molar-refractivity contribution in [2.75, 3.05) is 6.61 Å². The molecule has 0 bridgehead atoms. The molecule has 52 heavy (non-hydrogen) atoms. The van der Waals surface area contributed by atoms with Crippen LogP contribution in [0.5, 0.6) is 0 Å². The summed E-state index contributed by atoms with van der Waals surface area (Å²) in [5.74, 6) is -0.827. The molecule has 5 aliphatic rings. The van der Waals surface area contributed by atoms with Crippen molar-refractivity contribution in [2.24, 2.45) is 50.2 Å². The third-order valence-electron chi connectivity index (χ3n) is 15.9. The lowest BCUT2D eigenvalue weighted by Crippen LogP contribution is -2.68. The third-order valence-corrected chi connectivity index (χ3v) is 15.9.